The molecule has 1 aliphatic rings. The van der Waals surface area contributed by atoms with Crippen molar-refractivity contribution in [3.8, 4) is 0 Å². The van der Waals surface area contributed by atoms with Gasteiger partial charge in [0.05, 0.1) is 0 Å². The number of rotatable bonds is 7. The lowest BCUT2D eigenvalue weighted by atomic mass is 10.0. The standard InChI is InChI=1S/C17H27BrN2/c1-5-19-13(4)16-9-6-14(18)10-17(16)20(11-12(2)3)15-7-8-15/h6,9-10,12-13,15,19H,5,7-8,11H2,1-4H3. The molecule has 20 heavy (non-hydrogen) atoms. The van der Waals surface area contributed by atoms with E-state index in [2.05, 4.69) is 72.0 Å². The smallest absolute Gasteiger partial charge is 0.0428 e. The van der Waals surface area contributed by atoms with Crippen LogP contribution < -0.4 is 10.2 Å². The van der Waals surface area contributed by atoms with Crippen molar-refractivity contribution in [3.63, 3.8) is 0 Å². The summed E-state index contributed by atoms with van der Waals surface area (Å²) in [6, 6.07) is 7.87. The molecule has 0 aromatic heterocycles. The number of hydrogen-bond acceptors (Lipinski definition) is 2. The molecule has 0 radical (unpaired) electrons. The van der Waals surface area contributed by atoms with Gasteiger partial charge in [-0.2, -0.15) is 0 Å². The van der Waals surface area contributed by atoms with Crippen molar-refractivity contribution in [1.29, 1.82) is 0 Å². The Morgan fingerprint density at radius 1 is 1.30 bits per heavy atom. The normalized spacial score (nSPS) is 16.5. The summed E-state index contributed by atoms with van der Waals surface area (Å²) < 4.78 is 1.18. The van der Waals surface area contributed by atoms with Gasteiger partial charge in [-0.05, 0) is 49.9 Å². The number of nitrogens with zero attached hydrogens (tertiary/aromatic N) is 1. The lowest BCUT2D eigenvalue weighted by Crippen LogP contribution is -2.32. The van der Waals surface area contributed by atoms with Crippen molar-refractivity contribution in [3.05, 3.63) is 28.2 Å². The highest BCUT2D eigenvalue weighted by Gasteiger charge is 2.31. The minimum Gasteiger partial charge on any atom is -0.368 e. The second-order valence-electron chi connectivity index (χ2n) is 6.26. The Labute approximate surface area is 132 Å². The van der Waals surface area contributed by atoms with E-state index < -0.39 is 0 Å². The lowest BCUT2D eigenvalue weighted by molar-refractivity contribution is 0.580. The van der Waals surface area contributed by atoms with Crippen molar-refractivity contribution < 1.29 is 0 Å². The van der Waals surface area contributed by atoms with Crippen LogP contribution in [0, 0.1) is 5.92 Å². The zero-order chi connectivity index (χ0) is 14.7. The Balaban J connectivity index is 2.33. The first kappa shape index (κ1) is 15.8. The second-order valence-corrected chi connectivity index (χ2v) is 7.18. The first-order valence-electron chi connectivity index (χ1n) is 7.82. The van der Waals surface area contributed by atoms with Gasteiger partial charge in [-0.3, -0.25) is 0 Å². The van der Waals surface area contributed by atoms with Gasteiger partial charge in [0.15, 0.2) is 0 Å². The maximum absolute atomic E-state index is 3.64. The van der Waals surface area contributed by atoms with Crippen LogP contribution in [0.4, 0.5) is 5.69 Å². The first-order chi connectivity index (χ1) is 9.52. The van der Waals surface area contributed by atoms with Gasteiger partial charge >= 0.3 is 0 Å². The summed E-state index contributed by atoms with van der Waals surface area (Å²) in [5.74, 6) is 0.692. The average molecular weight is 339 g/mol. The molecule has 1 N–H and O–H groups in total. The molecule has 1 aromatic rings. The molecule has 0 aliphatic heterocycles. The molecule has 0 saturated heterocycles. The molecule has 3 heteroatoms. The molecule has 1 atom stereocenters. The first-order valence-corrected chi connectivity index (χ1v) is 8.61. The van der Waals surface area contributed by atoms with Crippen molar-refractivity contribution in [2.75, 3.05) is 18.0 Å². The van der Waals surface area contributed by atoms with Crippen LogP contribution in [0.15, 0.2) is 22.7 Å². The van der Waals surface area contributed by atoms with Gasteiger partial charge in [0, 0.05) is 28.8 Å². The van der Waals surface area contributed by atoms with Gasteiger partial charge in [-0.25, -0.2) is 0 Å². The van der Waals surface area contributed by atoms with Gasteiger partial charge in [-0.15, -0.1) is 0 Å². The van der Waals surface area contributed by atoms with Crippen LogP contribution in [-0.2, 0) is 0 Å². The van der Waals surface area contributed by atoms with Gasteiger partial charge < -0.3 is 10.2 Å². The molecule has 112 valence electrons. The number of benzene rings is 1. The Kier molecular flexibility index (Phi) is 5.50. The highest BCUT2D eigenvalue weighted by atomic mass is 79.9. The SMILES string of the molecule is CCNC(C)c1ccc(Br)cc1N(CC(C)C)C1CC1. The maximum Gasteiger partial charge on any atom is 0.0428 e. The molecular formula is C17H27BrN2. The summed E-state index contributed by atoms with van der Waals surface area (Å²) in [4.78, 5) is 2.62. The highest BCUT2D eigenvalue weighted by molar-refractivity contribution is 9.10. The fraction of sp³-hybridized carbons (Fsp3) is 0.647. The van der Waals surface area contributed by atoms with Crippen LogP contribution in [0.25, 0.3) is 0 Å². The molecule has 0 bridgehead atoms. The number of nitrogens with one attached hydrogen (secondary N) is 1. The van der Waals surface area contributed by atoms with Gasteiger partial charge in [-0.1, -0.05) is 42.8 Å². The van der Waals surface area contributed by atoms with E-state index in [1.165, 1.54) is 28.6 Å². The highest BCUT2D eigenvalue weighted by Crippen LogP contribution is 2.37. The van der Waals surface area contributed by atoms with E-state index in [0.29, 0.717) is 12.0 Å². The Morgan fingerprint density at radius 2 is 2.00 bits per heavy atom. The zero-order valence-electron chi connectivity index (χ0n) is 13.1. The topological polar surface area (TPSA) is 15.3 Å². The van der Waals surface area contributed by atoms with Crippen molar-refractivity contribution in [1.82, 2.24) is 5.32 Å². The largest absolute Gasteiger partial charge is 0.368 e. The third kappa shape index (κ3) is 3.98. The molecule has 1 fully saturated rings. The summed E-state index contributed by atoms with van der Waals surface area (Å²) in [5.41, 5.74) is 2.83. The van der Waals surface area contributed by atoms with E-state index in [0.717, 1.165) is 19.1 Å². The van der Waals surface area contributed by atoms with Crippen LogP contribution >= 0.6 is 15.9 Å². The fourth-order valence-corrected chi connectivity index (χ4v) is 3.12. The predicted molar refractivity (Wildman–Crippen MR) is 91.4 cm³/mol. The molecule has 1 unspecified atom stereocenters. The van der Waals surface area contributed by atoms with E-state index in [9.17, 15) is 0 Å². The van der Waals surface area contributed by atoms with E-state index in [4.69, 9.17) is 0 Å². The number of anilines is 1. The summed E-state index contributed by atoms with van der Waals surface area (Å²) in [5, 5.41) is 3.55. The Morgan fingerprint density at radius 3 is 2.55 bits per heavy atom. The van der Waals surface area contributed by atoms with Crippen LogP contribution in [0.5, 0.6) is 0 Å². The van der Waals surface area contributed by atoms with Crippen LogP contribution in [-0.4, -0.2) is 19.1 Å². The quantitative estimate of drug-likeness (QED) is 0.772. The third-order valence-corrected chi connectivity index (χ3v) is 4.32. The molecule has 2 nitrogen and oxygen atoms in total. The van der Waals surface area contributed by atoms with E-state index in [1.807, 2.05) is 0 Å². The summed E-state index contributed by atoms with van der Waals surface area (Å²) in [6.45, 7) is 11.2. The Bertz CT molecular complexity index is 441. The molecule has 0 amide bonds. The van der Waals surface area contributed by atoms with E-state index >= 15 is 0 Å². The Hall–Kier alpha value is -0.540. The van der Waals surface area contributed by atoms with Crippen LogP contribution in [0.3, 0.4) is 0 Å². The van der Waals surface area contributed by atoms with Crippen molar-refractivity contribution in [2.24, 2.45) is 5.92 Å². The van der Waals surface area contributed by atoms with E-state index in [1.54, 1.807) is 0 Å². The lowest BCUT2D eigenvalue weighted by Gasteiger charge is -2.31. The van der Waals surface area contributed by atoms with E-state index in [-0.39, 0.29) is 0 Å². The summed E-state index contributed by atoms with van der Waals surface area (Å²) >= 11 is 3.64. The second kappa shape index (κ2) is 6.95. The molecule has 0 heterocycles. The average Bonchev–Trinajstić information content (AvgIpc) is 3.20. The molecular weight excluding hydrogens is 312 g/mol. The van der Waals surface area contributed by atoms with Gasteiger partial charge in [0.1, 0.15) is 0 Å². The molecule has 1 aromatic carbocycles. The predicted octanol–water partition coefficient (Wildman–Crippen LogP) is 4.74. The van der Waals surface area contributed by atoms with Crippen LogP contribution in [0.2, 0.25) is 0 Å². The molecule has 0 spiro atoms. The number of hydrogen-bond donors (Lipinski definition) is 1. The van der Waals surface area contributed by atoms with Crippen molar-refractivity contribution in [2.45, 2.75) is 52.6 Å². The molecule has 1 saturated carbocycles. The fourth-order valence-electron chi connectivity index (χ4n) is 2.77. The molecule has 1 aliphatic carbocycles. The molecule has 2 rings (SSSR count). The minimum absolute atomic E-state index is 0.400. The van der Waals surface area contributed by atoms with Gasteiger partial charge in [0.2, 0.25) is 0 Å². The third-order valence-electron chi connectivity index (χ3n) is 3.83. The zero-order valence-corrected chi connectivity index (χ0v) is 14.7. The van der Waals surface area contributed by atoms with Crippen LogP contribution in [0.1, 0.15) is 52.1 Å². The maximum atomic E-state index is 3.64. The summed E-state index contributed by atoms with van der Waals surface area (Å²) in [7, 11) is 0. The monoisotopic (exact) mass is 338 g/mol. The van der Waals surface area contributed by atoms with Crippen molar-refractivity contribution >= 4 is 21.6 Å². The van der Waals surface area contributed by atoms with Gasteiger partial charge in [0.25, 0.3) is 0 Å². The summed E-state index contributed by atoms with van der Waals surface area (Å²) in [6.07, 6.45) is 2.68. The minimum atomic E-state index is 0.400. The number of halogens is 1.